The van der Waals surface area contributed by atoms with E-state index in [4.69, 9.17) is 9.15 Å². The van der Waals surface area contributed by atoms with Gasteiger partial charge in [0.1, 0.15) is 5.75 Å². The van der Waals surface area contributed by atoms with E-state index in [0.717, 1.165) is 43.7 Å². The van der Waals surface area contributed by atoms with Crippen LogP contribution in [0.4, 0.5) is 0 Å². The van der Waals surface area contributed by atoms with Crippen molar-refractivity contribution >= 4 is 17.7 Å². The summed E-state index contributed by atoms with van der Waals surface area (Å²) in [7, 11) is 1.63. The highest BCUT2D eigenvalue weighted by atomic mass is 32.2. The van der Waals surface area contributed by atoms with Gasteiger partial charge in [0.25, 0.3) is 5.22 Å². The molecule has 1 aliphatic rings. The lowest BCUT2D eigenvalue weighted by molar-refractivity contribution is -0.129. The number of carbonyl (C=O) groups is 1. The van der Waals surface area contributed by atoms with Gasteiger partial charge in [0.15, 0.2) is 0 Å². The average Bonchev–Trinajstić information content (AvgIpc) is 3.32. The first kappa shape index (κ1) is 22.4. The predicted octanol–water partition coefficient (Wildman–Crippen LogP) is 5.02. The Bertz CT molecular complexity index is 1010. The Kier molecular flexibility index (Phi) is 7.47. The highest BCUT2D eigenvalue weighted by molar-refractivity contribution is 7.99. The van der Waals surface area contributed by atoms with Crippen molar-refractivity contribution in [3.8, 4) is 17.2 Å². The summed E-state index contributed by atoms with van der Waals surface area (Å²) < 4.78 is 10.9. The van der Waals surface area contributed by atoms with Gasteiger partial charge in [-0.2, -0.15) is 0 Å². The van der Waals surface area contributed by atoms with Crippen LogP contribution < -0.4 is 4.74 Å². The minimum Gasteiger partial charge on any atom is -0.497 e. The van der Waals surface area contributed by atoms with E-state index in [9.17, 15) is 4.79 Å². The first-order chi connectivity index (χ1) is 15.6. The molecule has 0 bridgehead atoms. The third-order valence-electron chi connectivity index (χ3n) is 5.99. The standard InChI is InChI=1S/C25H29N3O3S/c1-18-3-5-19(6-4-18)7-8-20-13-15-28(16-14-20)23(29)17-32-25-27-26-24(31-25)21-9-11-22(30-2)12-10-21/h3-6,9-12,20H,7-8,13-17H2,1-2H3. The zero-order chi connectivity index (χ0) is 22.3. The largest absolute Gasteiger partial charge is 0.497 e. The van der Waals surface area contributed by atoms with Gasteiger partial charge in [0, 0.05) is 18.7 Å². The Balaban J connectivity index is 1.20. The molecule has 6 nitrogen and oxygen atoms in total. The van der Waals surface area contributed by atoms with Gasteiger partial charge in [-0.15, -0.1) is 10.2 Å². The molecule has 168 valence electrons. The molecule has 1 aromatic heterocycles. The van der Waals surface area contributed by atoms with Crippen LogP contribution in [0.15, 0.2) is 58.2 Å². The van der Waals surface area contributed by atoms with Crippen LogP contribution in [0.5, 0.6) is 5.75 Å². The van der Waals surface area contributed by atoms with E-state index in [1.807, 2.05) is 29.2 Å². The number of hydrogen-bond donors (Lipinski definition) is 0. The van der Waals surface area contributed by atoms with Gasteiger partial charge in [-0.3, -0.25) is 4.79 Å². The van der Waals surface area contributed by atoms with Gasteiger partial charge >= 0.3 is 0 Å². The quantitative estimate of drug-likeness (QED) is 0.448. The Morgan fingerprint density at radius 2 is 1.81 bits per heavy atom. The van der Waals surface area contributed by atoms with Crippen LogP contribution in [0.25, 0.3) is 11.5 Å². The number of carbonyl (C=O) groups excluding carboxylic acids is 1. The average molecular weight is 452 g/mol. The Labute approximate surface area is 193 Å². The van der Waals surface area contributed by atoms with Crippen LogP contribution in [0, 0.1) is 12.8 Å². The van der Waals surface area contributed by atoms with Gasteiger partial charge in [0.05, 0.1) is 12.9 Å². The maximum absolute atomic E-state index is 12.6. The number of rotatable bonds is 8. The van der Waals surface area contributed by atoms with Crippen molar-refractivity contribution in [3.05, 3.63) is 59.7 Å². The number of ether oxygens (including phenoxy) is 1. The molecule has 0 aliphatic carbocycles. The van der Waals surface area contributed by atoms with E-state index >= 15 is 0 Å². The first-order valence-electron chi connectivity index (χ1n) is 11.0. The smallest absolute Gasteiger partial charge is 0.277 e. The van der Waals surface area contributed by atoms with Crippen LogP contribution in [0.2, 0.25) is 0 Å². The molecule has 7 heteroatoms. The number of benzene rings is 2. The minimum atomic E-state index is 0.135. The van der Waals surface area contributed by atoms with E-state index in [2.05, 4.69) is 41.4 Å². The van der Waals surface area contributed by atoms with Gasteiger partial charge in [0.2, 0.25) is 11.8 Å². The van der Waals surface area contributed by atoms with Gasteiger partial charge in [-0.05, 0) is 68.4 Å². The van der Waals surface area contributed by atoms with Crippen LogP contribution in [0.3, 0.4) is 0 Å². The number of likely N-dealkylation sites (tertiary alicyclic amines) is 1. The summed E-state index contributed by atoms with van der Waals surface area (Å²) in [5.74, 6) is 2.36. The van der Waals surface area contributed by atoms with Crippen molar-refractivity contribution in [1.82, 2.24) is 15.1 Å². The third-order valence-corrected chi connectivity index (χ3v) is 6.79. The van der Waals surface area contributed by atoms with E-state index in [0.29, 0.717) is 22.8 Å². The summed E-state index contributed by atoms with van der Waals surface area (Å²) in [6.07, 6.45) is 4.45. The minimum absolute atomic E-state index is 0.135. The summed E-state index contributed by atoms with van der Waals surface area (Å²) in [6, 6.07) is 16.2. The second-order valence-corrected chi connectivity index (χ2v) is 9.17. The summed E-state index contributed by atoms with van der Waals surface area (Å²) >= 11 is 1.30. The predicted molar refractivity (Wildman–Crippen MR) is 126 cm³/mol. The van der Waals surface area contributed by atoms with Crippen molar-refractivity contribution in [2.24, 2.45) is 5.92 Å². The van der Waals surface area contributed by atoms with Crippen LogP contribution in [0.1, 0.15) is 30.4 Å². The normalized spacial score (nSPS) is 14.5. The summed E-state index contributed by atoms with van der Waals surface area (Å²) in [4.78, 5) is 14.6. The highest BCUT2D eigenvalue weighted by Gasteiger charge is 2.23. The van der Waals surface area contributed by atoms with E-state index < -0.39 is 0 Å². The van der Waals surface area contributed by atoms with Gasteiger partial charge in [-0.25, -0.2) is 0 Å². The van der Waals surface area contributed by atoms with Gasteiger partial charge in [-0.1, -0.05) is 41.6 Å². The molecule has 0 saturated carbocycles. The summed E-state index contributed by atoms with van der Waals surface area (Å²) in [5, 5.41) is 8.57. The van der Waals surface area contributed by atoms with Crippen LogP contribution in [-0.4, -0.2) is 47.0 Å². The molecule has 0 radical (unpaired) electrons. The lowest BCUT2D eigenvalue weighted by Gasteiger charge is -2.32. The molecule has 0 atom stereocenters. The second kappa shape index (κ2) is 10.7. The van der Waals surface area contributed by atoms with Crippen molar-refractivity contribution in [2.45, 2.75) is 37.8 Å². The lowest BCUT2D eigenvalue weighted by atomic mass is 9.90. The molecule has 1 amide bonds. The Morgan fingerprint density at radius 3 is 2.50 bits per heavy atom. The highest BCUT2D eigenvalue weighted by Crippen LogP contribution is 2.26. The van der Waals surface area contributed by atoms with Crippen LogP contribution in [-0.2, 0) is 11.2 Å². The number of aryl methyl sites for hydroxylation is 2. The van der Waals surface area contributed by atoms with Crippen LogP contribution >= 0.6 is 11.8 Å². The fourth-order valence-corrected chi connectivity index (χ4v) is 4.60. The molecular weight excluding hydrogens is 422 g/mol. The zero-order valence-corrected chi connectivity index (χ0v) is 19.4. The molecule has 0 unspecified atom stereocenters. The SMILES string of the molecule is COc1ccc(-c2nnc(SCC(=O)N3CCC(CCc4ccc(C)cc4)CC3)o2)cc1. The maximum Gasteiger partial charge on any atom is 0.277 e. The zero-order valence-electron chi connectivity index (χ0n) is 18.6. The number of hydrogen-bond acceptors (Lipinski definition) is 6. The number of methoxy groups -OCH3 is 1. The molecule has 1 saturated heterocycles. The number of piperidine rings is 1. The molecular formula is C25H29N3O3S. The molecule has 4 rings (SSSR count). The molecule has 2 heterocycles. The Hall–Kier alpha value is -2.80. The summed E-state index contributed by atoms with van der Waals surface area (Å²) in [6.45, 7) is 3.78. The molecule has 3 aromatic rings. The number of thioether (sulfide) groups is 1. The number of aromatic nitrogens is 2. The molecule has 0 spiro atoms. The fourth-order valence-electron chi connectivity index (χ4n) is 3.93. The molecule has 2 aromatic carbocycles. The number of amides is 1. The van der Waals surface area contributed by atoms with Crippen molar-refractivity contribution < 1.29 is 13.9 Å². The maximum atomic E-state index is 12.6. The molecule has 0 N–H and O–H groups in total. The lowest BCUT2D eigenvalue weighted by Crippen LogP contribution is -2.39. The molecule has 32 heavy (non-hydrogen) atoms. The topological polar surface area (TPSA) is 68.5 Å². The monoisotopic (exact) mass is 451 g/mol. The van der Waals surface area contributed by atoms with Crippen molar-refractivity contribution in [2.75, 3.05) is 26.0 Å². The first-order valence-corrected chi connectivity index (χ1v) is 12.0. The van der Waals surface area contributed by atoms with E-state index in [-0.39, 0.29) is 5.91 Å². The van der Waals surface area contributed by atoms with E-state index in [1.165, 1.54) is 29.3 Å². The Morgan fingerprint density at radius 1 is 1.09 bits per heavy atom. The fraction of sp³-hybridized carbons (Fsp3) is 0.400. The number of nitrogens with zero attached hydrogens (tertiary/aromatic N) is 3. The second-order valence-electron chi connectivity index (χ2n) is 8.24. The van der Waals surface area contributed by atoms with Crippen molar-refractivity contribution in [3.63, 3.8) is 0 Å². The van der Waals surface area contributed by atoms with Crippen molar-refractivity contribution in [1.29, 1.82) is 0 Å². The van der Waals surface area contributed by atoms with Gasteiger partial charge < -0.3 is 14.1 Å². The molecule has 1 fully saturated rings. The summed E-state index contributed by atoms with van der Waals surface area (Å²) in [5.41, 5.74) is 3.53. The van der Waals surface area contributed by atoms with E-state index in [1.54, 1.807) is 7.11 Å². The molecule has 1 aliphatic heterocycles. The third kappa shape index (κ3) is 5.91.